The summed E-state index contributed by atoms with van der Waals surface area (Å²) in [5.41, 5.74) is 2.21. The van der Waals surface area contributed by atoms with Gasteiger partial charge in [0, 0.05) is 11.8 Å². The van der Waals surface area contributed by atoms with Crippen LogP contribution in [0, 0.1) is 0 Å². The smallest absolute Gasteiger partial charge is 0.0708 e. The van der Waals surface area contributed by atoms with Crippen LogP contribution < -0.4 is 0 Å². The molecular formula is C19H14ClN. The number of aromatic nitrogens is 1. The second-order valence-electron chi connectivity index (χ2n) is 4.94. The second-order valence-corrected chi connectivity index (χ2v) is 4.94. The molecule has 4 aromatic rings. The summed E-state index contributed by atoms with van der Waals surface area (Å²) in [6.45, 7) is 0. The Hall–Kier alpha value is -2.38. The maximum Gasteiger partial charge on any atom is 0.0708 e. The Balaban J connectivity index is 0.00000132. The highest BCUT2D eigenvalue weighted by Gasteiger charge is 2.05. The molecule has 0 saturated heterocycles. The fraction of sp³-hybridized carbons (Fsp3) is 0. The summed E-state index contributed by atoms with van der Waals surface area (Å²) in [5, 5.41) is 5.05. The summed E-state index contributed by atoms with van der Waals surface area (Å²) >= 11 is 0. The topological polar surface area (TPSA) is 12.9 Å². The summed E-state index contributed by atoms with van der Waals surface area (Å²) in [7, 11) is 0. The predicted molar refractivity (Wildman–Crippen MR) is 91.9 cm³/mol. The Morgan fingerprint density at radius 2 is 1.33 bits per heavy atom. The van der Waals surface area contributed by atoms with Crippen molar-refractivity contribution in [1.29, 1.82) is 0 Å². The number of hydrogen-bond acceptors (Lipinski definition) is 1. The SMILES string of the molecule is Cl.c1ccc(-c2cccc3cc4ccccc4cc23)nc1. The maximum atomic E-state index is 4.48. The Labute approximate surface area is 129 Å². The van der Waals surface area contributed by atoms with E-state index in [2.05, 4.69) is 65.6 Å². The minimum absolute atomic E-state index is 0. The third-order valence-corrected chi connectivity index (χ3v) is 3.69. The molecule has 21 heavy (non-hydrogen) atoms. The van der Waals surface area contributed by atoms with E-state index in [-0.39, 0.29) is 12.4 Å². The van der Waals surface area contributed by atoms with E-state index in [1.165, 1.54) is 27.1 Å². The van der Waals surface area contributed by atoms with Gasteiger partial charge in [0.2, 0.25) is 0 Å². The number of rotatable bonds is 1. The van der Waals surface area contributed by atoms with Gasteiger partial charge in [-0.3, -0.25) is 4.98 Å². The zero-order chi connectivity index (χ0) is 13.4. The van der Waals surface area contributed by atoms with E-state index in [9.17, 15) is 0 Å². The van der Waals surface area contributed by atoms with Gasteiger partial charge < -0.3 is 0 Å². The highest BCUT2D eigenvalue weighted by Crippen LogP contribution is 2.30. The van der Waals surface area contributed by atoms with Gasteiger partial charge in [-0.2, -0.15) is 0 Å². The first-order chi connectivity index (χ1) is 9.92. The minimum atomic E-state index is 0. The average molecular weight is 292 g/mol. The molecule has 1 heterocycles. The van der Waals surface area contributed by atoms with Crippen LogP contribution in [0.5, 0.6) is 0 Å². The summed E-state index contributed by atoms with van der Waals surface area (Å²) < 4.78 is 0. The lowest BCUT2D eigenvalue weighted by Crippen LogP contribution is -1.85. The lowest BCUT2D eigenvalue weighted by atomic mass is 9.98. The van der Waals surface area contributed by atoms with Crippen LogP contribution in [-0.2, 0) is 0 Å². The highest BCUT2D eigenvalue weighted by molar-refractivity contribution is 6.04. The molecule has 0 radical (unpaired) electrons. The van der Waals surface area contributed by atoms with Crippen molar-refractivity contribution in [2.24, 2.45) is 0 Å². The molecule has 0 aliphatic heterocycles. The van der Waals surface area contributed by atoms with Gasteiger partial charge in [-0.15, -0.1) is 12.4 Å². The third-order valence-electron chi connectivity index (χ3n) is 3.69. The molecule has 0 aliphatic carbocycles. The van der Waals surface area contributed by atoms with Gasteiger partial charge in [0.25, 0.3) is 0 Å². The van der Waals surface area contributed by atoms with Crippen molar-refractivity contribution in [2.75, 3.05) is 0 Å². The molecule has 0 amide bonds. The minimum Gasteiger partial charge on any atom is -0.256 e. The van der Waals surface area contributed by atoms with Crippen LogP contribution in [0.15, 0.2) is 79.0 Å². The molecule has 0 aliphatic rings. The summed E-state index contributed by atoms with van der Waals surface area (Å²) in [4.78, 5) is 4.48. The number of halogens is 1. The van der Waals surface area contributed by atoms with Gasteiger partial charge in [0.15, 0.2) is 0 Å². The van der Waals surface area contributed by atoms with Gasteiger partial charge in [0.05, 0.1) is 5.69 Å². The molecule has 0 N–H and O–H groups in total. The molecule has 0 bridgehead atoms. The van der Waals surface area contributed by atoms with Crippen LogP contribution in [0.4, 0.5) is 0 Å². The molecule has 4 rings (SSSR count). The van der Waals surface area contributed by atoms with Crippen molar-refractivity contribution in [2.45, 2.75) is 0 Å². The van der Waals surface area contributed by atoms with E-state index in [4.69, 9.17) is 0 Å². The number of benzene rings is 3. The second kappa shape index (κ2) is 5.55. The van der Waals surface area contributed by atoms with Crippen molar-refractivity contribution < 1.29 is 0 Å². The highest BCUT2D eigenvalue weighted by atomic mass is 35.5. The Bertz CT molecular complexity index is 901. The Morgan fingerprint density at radius 1 is 0.619 bits per heavy atom. The van der Waals surface area contributed by atoms with Crippen LogP contribution >= 0.6 is 12.4 Å². The molecule has 1 aromatic heterocycles. The van der Waals surface area contributed by atoms with Crippen LogP contribution in [0.1, 0.15) is 0 Å². The molecule has 0 atom stereocenters. The van der Waals surface area contributed by atoms with Crippen molar-refractivity contribution in [3.63, 3.8) is 0 Å². The Morgan fingerprint density at radius 3 is 2.10 bits per heavy atom. The van der Waals surface area contributed by atoms with E-state index < -0.39 is 0 Å². The average Bonchev–Trinajstić information content (AvgIpc) is 2.53. The maximum absolute atomic E-state index is 4.48. The third kappa shape index (κ3) is 2.37. The molecule has 3 aromatic carbocycles. The number of fused-ring (bicyclic) bond motifs is 2. The molecule has 2 heteroatoms. The van der Waals surface area contributed by atoms with Gasteiger partial charge in [-0.1, -0.05) is 48.5 Å². The fourth-order valence-corrected chi connectivity index (χ4v) is 2.71. The molecular weight excluding hydrogens is 278 g/mol. The van der Waals surface area contributed by atoms with Crippen LogP contribution in [-0.4, -0.2) is 4.98 Å². The monoisotopic (exact) mass is 291 g/mol. The quantitative estimate of drug-likeness (QED) is 0.423. The van der Waals surface area contributed by atoms with E-state index in [0.29, 0.717) is 0 Å². The fourth-order valence-electron chi connectivity index (χ4n) is 2.71. The van der Waals surface area contributed by atoms with Gasteiger partial charge in [-0.05, 0) is 45.8 Å². The van der Waals surface area contributed by atoms with Crippen molar-refractivity contribution in [1.82, 2.24) is 4.98 Å². The molecule has 0 fully saturated rings. The first kappa shape index (κ1) is 13.6. The zero-order valence-corrected chi connectivity index (χ0v) is 12.2. The van der Waals surface area contributed by atoms with Crippen molar-refractivity contribution in [3.8, 4) is 11.3 Å². The van der Waals surface area contributed by atoms with Gasteiger partial charge >= 0.3 is 0 Å². The van der Waals surface area contributed by atoms with Crippen molar-refractivity contribution >= 4 is 34.0 Å². The Kier molecular flexibility index (Phi) is 3.59. The zero-order valence-electron chi connectivity index (χ0n) is 11.4. The summed E-state index contributed by atoms with van der Waals surface area (Å²) in [6.07, 6.45) is 1.84. The summed E-state index contributed by atoms with van der Waals surface area (Å²) in [6, 6.07) is 25.4. The van der Waals surface area contributed by atoms with E-state index in [1.807, 2.05) is 18.3 Å². The largest absolute Gasteiger partial charge is 0.256 e. The summed E-state index contributed by atoms with van der Waals surface area (Å²) in [5.74, 6) is 0. The van der Waals surface area contributed by atoms with Crippen LogP contribution in [0.3, 0.4) is 0 Å². The lowest BCUT2D eigenvalue weighted by molar-refractivity contribution is 1.33. The van der Waals surface area contributed by atoms with Gasteiger partial charge in [0.1, 0.15) is 0 Å². The van der Waals surface area contributed by atoms with E-state index in [0.717, 1.165) is 5.69 Å². The van der Waals surface area contributed by atoms with Crippen molar-refractivity contribution in [3.05, 3.63) is 79.0 Å². The number of nitrogens with zero attached hydrogens (tertiary/aromatic N) is 1. The number of hydrogen-bond donors (Lipinski definition) is 0. The van der Waals surface area contributed by atoms with Crippen LogP contribution in [0.2, 0.25) is 0 Å². The van der Waals surface area contributed by atoms with E-state index >= 15 is 0 Å². The number of pyridine rings is 1. The van der Waals surface area contributed by atoms with Gasteiger partial charge in [-0.25, -0.2) is 0 Å². The first-order valence-electron chi connectivity index (χ1n) is 6.75. The molecule has 0 spiro atoms. The molecule has 0 saturated carbocycles. The predicted octanol–water partition coefficient (Wildman–Crippen LogP) is 5.48. The van der Waals surface area contributed by atoms with E-state index in [1.54, 1.807) is 0 Å². The normalized spacial score (nSPS) is 10.5. The standard InChI is InChI=1S/C19H13N.ClH/c1-2-7-15-13-18-16(12-14(15)6-1)8-5-9-17(18)19-10-3-4-11-20-19;/h1-13H;1H. The molecule has 1 nitrogen and oxygen atoms in total. The molecule has 0 unspecified atom stereocenters. The lowest BCUT2D eigenvalue weighted by Gasteiger charge is -2.08. The molecule has 102 valence electrons. The van der Waals surface area contributed by atoms with Crippen LogP contribution in [0.25, 0.3) is 32.8 Å². The first-order valence-corrected chi connectivity index (χ1v) is 6.75.